The second kappa shape index (κ2) is 7.87. The molecule has 138 valence electrons. The normalized spacial score (nSPS) is 20.3. The van der Waals surface area contributed by atoms with E-state index in [9.17, 15) is 9.90 Å². The van der Waals surface area contributed by atoms with Gasteiger partial charge in [-0.3, -0.25) is 9.78 Å². The maximum atomic E-state index is 12.7. The van der Waals surface area contributed by atoms with Gasteiger partial charge in [0, 0.05) is 24.9 Å². The number of carbonyl (C=O) groups is 1. The molecule has 0 aliphatic carbocycles. The summed E-state index contributed by atoms with van der Waals surface area (Å²) in [6.45, 7) is 6.92. The molecule has 0 unspecified atom stereocenters. The number of aliphatic hydroxyl groups excluding tert-OH is 1. The number of rotatable bonds is 4. The van der Waals surface area contributed by atoms with E-state index in [0.29, 0.717) is 30.1 Å². The second-order valence-corrected chi connectivity index (χ2v) is 7.13. The number of amides is 1. The number of hydrogen-bond donors (Lipinski definition) is 1. The van der Waals surface area contributed by atoms with Crippen molar-refractivity contribution in [3.8, 4) is 5.75 Å². The zero-order valence-corrected chi connectivity index (χ0v) is 15.6. The monoisotopic (exact) mass is 354 g/mol. The fourth-order valence-corrected chi connectivity index (χ4v) is 3.23. The maximum absolute atomic E-state index is 12.7. The third kappa shape index (κ3) is 4.05. The van der Waals surface area contributed by atoms with Crippen LogP contribution in [0.5, 0.6) is 5.75 Å². The van der Waals surface area contributed by atoms with Crippen LogP contribution >= 0.6 is 0 Å². The minimum Gasteiger partial charge on any atom is -0.488 e. The van der Waals surface area contributed by atoms with Gasteiger partial charge in [-0.15, -0.1) is 0 Å². The molecule has 0 radical (unpaired) electrons. The van der Waals surface area contributed by atoms with Crippen LogP contribution in [0.4, 0.5) is 0 Å². The highest BCUT2D eigenvalue weighted by molar-refractivity contribution is 5.95. The molecule has 26 heavy (non-hydrogen) atoms. The highest BCUT2D eigenvalue weighted by Crippen LogP contribution is 2.24. The van der Waals surface area contributed by atoms with E-state index in [0.717, 1.165) is 5.75 Å². The van der Waals surface area contributed by atoms with Crippen molar-refractivity contribution in [2.45, 2.75) is 45.3 Å². The SMILES string of the molecule is Cc1ncccc1C(=O)N1CC[C@@H](Oc2cccc(C(C)C)c2)[C@H](O)C1. The Morgan fingerprint density at radius 3 is 2.81 bits per heavy atom. The van der Waals surface area contributed by atoms with E-state index in [4.69, 9.17) is 4.74 Å². The number of hydrogen-bond acceptors (Lipinski definition) is 4. The van der Waals surface area contributed by atoms with Gasteiger partial charge in [0.05, 0.1) is 12.1 Å². The Labute approximate surface area is 154 Å². The van der Waals surface area contributed by atoms with Crippen molar-refractivity contribution in [1.82, 2.24) is 9.88 Å². The van der Waals surface area contributed by atoms with E-state index in [1.54, 1.807) is 23.2 Å². The van der Waals surface area contributed by atoms with Crippen LogP contribution in [-0.2, 0) is 0 Å². The van der Waals surface area contributed by atoms with Crippen molar-refractivity contribution in [3.05, 3.63) is 59.4 Å². The first kappa shape index (κ1) is 18.4. The van der Waals surface area contributed by atoms with Gasteiger partial charge >= 0.3 is 0 Å². The number of aliphatic hydroxyl groups is 1. The van der Waals surface area contributed by atoms with Gasteiger partial charge in [0.25, 0.3) is 5.91 Å². The predicted molar refractivity (Wildman–Crippen MR) is 100 cm³/mol. The first-order chi connectivity index (χ1) is 12.5. The molecule has 0 spiro atoms. The van der Waals surface area contributed by atoms with Gasteiger partial charge in [-0.25, -0.2) is 0 Å². The number of aromatic nitrogens is 1. The Balaban J connectivity index is 1.64. The molecule has 2 aromatic rings. The molecular weight excluding hydrogens is 328 g/mol. The van der Waals surface area contributed by atoms with Gasteiger partial charge in [0.15, 0.2) is 0 Å². The molecule has 1 aliphatic heterocycles. The number of pyridine rings is 1. The Bertz CT molecular complexity index is 775. The fourth-order valence-electron chi connectivity index (χ4n) is 3.23. The van der Waals surface area contributed by atoms with Crippen LogP contribution in [0.3, 0.4) is 0 Å². The molecule has 1 saturated heterocycles. The molecule has 1 amide bonds. The van der Waals surface area contributed by atoms with Gasteiger partial charge in [-0.1, -0.05) is 26.0 Å². The van der Waals surface area contributed by atoms with Crippen molar-refractivity contribution in [2.75, 3.05) is 13.1 Å². The van der Waals surface area contributed by atoms with Gasteiger partial charge in [-0.05, 0) is 42.7 Å². The molecule has 0 saturated carbocycles. The Kier molecular flexibility index (Phi) is 5.57. The number of piperidine rings is 1. The topological polar surface area (TPSA) is 62.7 Å². The first-order valence-electron chi connectivity index (χ1n) is 9.11. The quantitative estimate of drug-likeness (QED) is 0.916. The highest BCUT2D eigenvalue weighted by atomic mass is 16.5. The number of carbonyl (C=O) groups excluding carboxylic acids is 1. The van der Waals surface area contributed by atoms with Crippen molar-refractivity contribution < 1.29 is 14.6 Å². The number of nitrogens with zero attached hydrogens (tertiary/aromatic N) is 2. The van der Waals surface area contributed by atoms with Crippen LogP contribution in [-0.4, -0.2) is 46.2 Å². The van der Waals surface area contributed by atoms with E-state index >= 15 is 0 Å². The highest BCUT2D eigenvalue weighted by Gasteiger charge is 2.32. The minimum atomic E-state index is -0.715. The molecular formula is C21H26N2O3. The molecule has 2 atom stereocenters. The molecule has 0 bridgehead atoms. The van der Waals surface area contributed by atoms with Gasteiger partial charge in [0.2, 0.25) is 0 Å². The van der Waals surface area contributed by atoms with Gasteiger partial charge < -0.3 is 14.7 Å². The zero-order valence-electron chi connectivity index (χ0n) is 15.6. The largest absolute Gasteiger partial charge is 0.488 e. The molecule has 3 rings (SSSR count). The number of ether oxygens (including phenoxy) is 1. The van der Waals surface area contributed by atoms with Crippen LogP contribution in [0.15, 0.2) is 42.6 Å². The van der Waals surface area contributed by atoms with Gasteiger partial charge in [0.1, 0.15) is 18.0 Å². The first-order valence-corrected chi connectivity index (χ1v) is 9.11. The molecule has 1 aromatic carbocycles. The number of aryl methyl sites for hydroxylation is 1. The molecule has 2 heterocycles. The summed E-state index contributed by atoms with van der Waals surface area (Å²) in [5.74, 6) is 1.10. The summed E-state index contributed by atoms with van der Waals surface area (Å²) >= 11 is 0. The molecule has 5 nitrogen and oxygen atoms in total. The van der Waals surface area contributed by atoms with E-state index in [-0.39, 0.29) is 18.6 Å². The van der Waals surface area contributed by atoms with Crippen LogP contribution in [0, 0.1) is 6.92 Å². The van der Waals surface area contributed by atoms with Crippen LogP contribution < -0.4 is 4.74 Å². The molecule has 1 N–H and O–H groups in total. The van der Waals surface area contributed by atoms with E-state index in [1.807, 2.05) is 25.1 Å². The lowest BCUT2D eigenvalue weighted by Gasteiger charge is -2.36. The molecule has 5 heteroatoms. The van der Waals surface area contributed by atoms with Crippen molar-refractivity contribution in [3.63, 3.8) is 0 Å². The standard InChI is InChI=1S/C21H26N2O3/c1-14(2)16-6-4-7-17(12-16)26-20-9-11-23(13-19(20)24)21(25)18-8-5-10-22-15(18)3/h4-8,10,12,14,19-20,24H,9,11,13H2,1-3H3/t19-,20-/m1/s1. The Morgan fingerprint density at radius 2 is 2.12 bits per heavy atom. The molecule has 1 aliphatic rings. The average molecular weight is 354 g/mol. The van der Waals surface area contributed by atoms with E-state index in [2.05, 4.69) is 24.9 Å². The van der Waals surface area contributed by atoms with Gasteiger partial charge in [-0.2, -0.15) is 0 Å². The van der Waals surface area contributed by atoms with Crippen molar-refractivity contribution >= 4 is 5.91 Å². The summed E-state index contributed by atoms with van der Waals surface area (Å²) in [6, 6.07) is 11.5. The summed E-state index contributed by atoms with van der Waals surface area (Å²) in [7, 11) is 0. The Hall–Kier alpha value is -2.40. The molecule has 1 fully saturated rings. The average Bonchev–Trinajstić information content (AvgIpc) is 2.63. The lowest BCUT2D eigenvalue weighted by Crippen LogP contribution is -2.51. The third-order valence-electron chi connectivity index (χ3n) is 4.86. The molecule has 1 aromatic heterocycles. The summed E-state index contributed by atoms with van der Waals surface area (Å²) in [5.41, 5.74) is 2.50. The van der Waals surface area contributed by atoms with E-state index in [1.165, 1.54) is 5.56 Å². The van der Waals surface area contributed by atoms with Crippen molar-refractivity contribution in [2.24, 2.45) is 0 Å². The van der Waals surface area contributed by atoms with Crippen LogP contribution in [0.25, 0.3) is 0 Å². The summed E-state index contributed by atoms with van der Waals surface area (Å²) < 4.78 is 6.02. The zero-order chi connectivity index (χ0) is 18.7. The summed E-state index contributed by atoms with van der Waals surface area (Å²) in [5, 5.41) is 10.5. The predicted octanol–water partition coefficient (Wildman–Crippen LogP) is 3.17. The van der Waals surface area contributed by atoms with Crippen LogP contribution in [0.2, 0.25) is 0 Å². The van der Waals surface area contributed by atoms with E-state index < -0.39 is 6.10 Å². The van der Waals surface area contributed by atoms with Crippen molar-refractivity contribution in [1.29, 1.82) is 0 Å². The summed E-state index contributed by atoms with van der Waals surface area (Å²) in [6.07, 6.45) is 1.24. The number of benzene rings is 1. The lowest BCUT2D eigenvalue weighted by molar-refractivity contribution is -0.0199. The fraction of sp³-hybridized carbons (Fsp3) is 0.429. The number of likely N-dealkylation sites (tertiary alicyclic amines) is 1. The summed E-state index contributed by atoms with van der Waals surface area (Å²) in [4.78, 5) is 18.5. The Morgan fingerprint density at radius 1 is 1.31 bits per heavy atom. The van der Waals surface area contributed by atoms with Crippen LogP contribution in [0.1, 0.15) is 47.8 Å². The second-order valence-electron chi connectivity index (χ2n) is 7.13. The maximum Gasteiger partial charge on any atom is 0.255 e. The number of β-amino-alcohol motifs (C(OH)–C–C–N with tert-alkyl or cyclic N) is 1. The third-order valence-corrected chi connectivity index (χ3v) is 4.86. The smallest absolute Gasteiger partial charge is 0.255 e. The lowest BCUT2D eigenvalue weighted by atomic mass is 10.0. The minimum absolute atomic E-state index is 0.0881.